The number of aliphatic imine (C=N–C) groups is 1. The first-order valence-corrected chi connectivity index (χ1v) is 8.04. The number of aromatic amines is 1. The number of hydrogen-bond donors (Lipinski definition) is 2. The fraction of sp³-hybridized carbons (Fsp3) is 0.600. The lowest BCUT2D eigenvalue weighted by Gasteiger charge is -2.16. The molecule has 0 unspecified atom stereocenters. The normalized spacial score (nSPS) is 29.6. The van der Waals surface area contributed by atoms with Gasteiger partial charge in [-0.15, -0.1) is 0 Å². The largest absolute Gasteiger partial charge is 0.390 e. The molecule has 0 spiro atoms. The maximum atomic E-state index is 12.2. The first-order valence-electron chi connectivity index (χ1n) is 8.04. The number of fused-ring (bicyclic) bond motifs is 2. The summed E-state index contributed by atoms with van der Waals surface area (Å²) in [7, 11) is 3.67. The topological polar surface area (TPSA) is 109 Å². The fourth-order valence-corrected chi connectivity index (χ4v) is 3.51. The minimum atomic E-state index is -0.411. The van der Waals surface area contributed by atoms with E-state index in [0.29, 0.717) is 11.6 Å². The Bertz CT molecular complexity index is 841. The number of aromatic nitrogens is 4. The van der Waals surface area contributed by atoms with Crippen LogP contribution < -0.4 is 5.56 Å². The van der Waals surface area contributed by atoms with Crippen molar-refractivity contribution in [2.75, 3.05) is 14.1 Å². The summed E-state index contributed by atoms with van der Waals surface area (Å²) in [6.07, 6.45) is 4.86. The van der Waals surface area contributed by atoms with Gasteiger partial charge in [-0.3, -0.25) is 14.3 Å². The molecule has 2 N–H and O–H groups in total. The van der Waals surface area contributed by atoms with Gasteiger partial charge in [0.2, 0.25) is 5.95 Å². The Hall–Kier alpha value is -2.26. The van der Waals surface area contributed by atoms with E-state index in [1.165, 1.54) is 0 Å². The highest BCUT2D eigenvalue weighted by Gasteiger charge is 2.44. The number of H-pyrrole nitrogens is 1. The van der Waals surface area contributed by atoms with Crippen LogP contribution in [0.5, 0.6) is 0 Å². The van der Waals surface area contributed by atoms with Gasteiger partial charge >= 0.3 is 0 Å². The number of hydrogen-bond acceptors (Lipinski definition) is 6. The van der Waals surface area contributed by atoms with Gasteiger partial charge < -0.3 is 14.7 Å². The Morgan fingerprint density at radius 3 is 3.08 bits per heavy atom. The van der Waals surface area contributed by atoms with Crippen molar-refractivity contribution in [1.29, 1.82) is 0 Å². The Labute approximate surface area is 138 Å². The van der Waals surface area contributed by atoms with Crippen LogP contribution in [0.2, 0.25) is 0 Å². The highest BCUT2D eigenvalue weighted by atomic mass is 16.5. The summed E-state index contributed by atoms with van der Waals surface area (Å²) in [6, 6.07) is 0. The molecular formula is C15H20N6O3. The third-order valence-electron chi connectivity index (χ3n) is 4.64. The van der Waals surface area contributed by atoms with Crippen LogP contribution >= 0.6 is 0 Å². The molecule has 0 amide bonds. The summed E-state index contributed by atoms with van der Waals surface area (Å²) in [5, 5.41) is 9.99. The molecule has 0 aromatic carbocycles. The van der Waals surface area contributed by atoms with E-state index in [4.69, 9.17) is 4.74 Å². The van der Waals surface area contributed by atoms with E-state index >= 15 is 0 Å². The molecule has 9 heteroatoms. The third kappa shape index (κ3) is 2.49. The van der Waals surface area contributed by atoms with Crippen molar-refractivity contribution in [3.8, 4) is 0 Å². The van der Waals surface area contributed by atoms with Crippen molar-refractivity contribution < 1.29 is 9.84 Å². The Balaban J connectivity index is 1.70. The summed E-state index contributed by atoms with van der Waals surface area (Å²) in [5.41, 5.74) is 0.381. The zero-order chi connectivity index (χ0) is 16.8. The summed E-state index contributed by atoms with van der Waals surface area (Å²) >= 11 is 0. The van der Waals surface area contributed by atoms with E-state index < -0.39 is 6.10 Å². The minimum absolute atomic E-state index is 0.138. The van der Waals surface area contributed by atoms with Crippen LogP contribution in [0.1, 0.15) is 25.5 Å². The van der Waals surface area contributed by atoms with Gasteiger partial charge in [0.1, 0.15) is 6.23 Å². The van der Waals surface area contributed by atoms with Crippen molar-refractivity contribution in [3.05, 3.63) is 16.7 Å². The third-order valence-corrected chi connectivity index (χ3v) is 4.64. The molecule has 4 rings (SSSR count). The van der Waals surface area contributed by atoms with Gasteiger partial charge in [0.05, 0.1) is 24.9 Å². The molecule has 2 fully saturated rings. The highest BCUT2D eigenvalue weighted by Crippen LogP contribution is 2.43. The maximum Gasteiger partial charge on any atom is 0.280 e. The molecule has 1 aliphatic heterocycles. The lowest BCUT2D eigenvalue weighted by Crippen LogP contribution is -2.23. The lowest BCUT2D eigenvalue weighted by atomic mass is 10.0. The summed E-state index contributed by atoms with van der Waals surface area (Å²) < 4.78 is 7.77. The molecule has 1 aliphatic carbocycles. The standard InChI is InChI=1S/C15H20N6O3/c1-20(2)6-17-15-18-13-11(14(23)19-15)16-7-21(13)10-5-8-3-4-9(22)12(8)24-10/h6-10,12,22H,3-5H2,1-2H3,(H,18,19,23)/t8-,9-,10-,12+/m1/s1. The van der Waals surface area contributed by atoms with Crippen LogP contribution in [0, 0.1) is 5.92 Å². The maximum absolute atomic E-state index is 12.2. The number of ether oxygens (including phenoxy) is 1. The van der Waals surface area contributed by atoms with Crippen molar-refractivity contribution >= 4 is 23.5 Å². The van der Waals surface area contributed by atoms with Crippen molar-refractivity contribution in [2.45, 2.75) is 37.7 Å². The molecule has 4 atom stereocenters. The number of nitrogens with one attached hydrogen (secondary N) is 1. The first-order chi connectivity index (χ1) is 11.5. The predicted molar refractivity (Wildman–Crippen MR) is 87.2 cm³/mol. The van der Waals surface area contributed by atoms with Gasteiger partial charge in [-0.05, 0) is 25.2 Å². The van der Waals surface area contributed by atoms with Gasteiger partial charge in [-0.2, -0.15) is 4.98 Å². The monoisotopic (exact) mass is 332 g/mol. The van der Waals surface area contributed by atoms with E-state index in [1.54, 1.807) is 22.1 Å². The number of aliphatic hydroxyl groups excluding tert-OH is 1. The molecule has 0 bridgehead atoms. The minimum Gasteiger partial charge on any atom is -0.390 e. The van der Waals surface area contributed by atoms with Gasteiger partial charge in [0.25, 0.3) is 5.56 Å². The second-order valence-corrected chi connectivity index (χ2v) is 6.62. The molecule has 0 radical (unpaired) electrons. The molecular weight excluding hydrogens is 312 g/mol. The quantitative estimate of drug-likeness (QED) is 0.622. The summed E-state index contributed by atoms with van der Waals surface area (Å²) in [6.45, 7) is 0. The molecule has 24 heavy (non-hydrogen) atoms. The van der Waals surface area contributed by atoms with E-state index in [2.05, 4.69) is 19.9 Å². The second kappa shape index (κ2) is 5.67. The molecule has 1 saturated heterocycles. The van der Waals surface area contributed by atoms with Crippen LogP contribution in [0.3, 0.4) is 0 Å². The van der Waals surface area contributed by atoms with Gasteiger partial charge in [0.15, 0.2) is 11.2 Å². The molecule has 2 aromatic rings. The van der Waals surface area contributed by atoms with Crippen molar-refractivity contribution in [2.24, 2.45) is 10.9 Å². The molecule has 2 aromatic heterocycles. The predicted octanol–water partition coefficient (Wildman–Crippen LogP) is 0.399. The van der Waals surface area contributed by atoms with E-state index in [1.807, 2.05) is 14.1 Å². The van der Waals surface area contributed by atoms with Gasteiger partial charge in [-0.25, -0.2) is 9.98 Å². The SMILES string of the molecule is CN(C)C=Nc1nc2c(ncn2[C@H]2C[C@H]3CC[C@@H](O)[C@H]3O2)c(=O)[nH]1. The van der Waals surface area contributed by atoms with Gasteiger partial charge in [0, 0.05) is 14.1 Å². The molecule has 128 valence electrons. The average Bonchev–Trinajstić information content (AvgIpc) is 3.21. The Kier molecular flexibility index (Phi) is 3.61. The van der Waals surface area contributed by atoms with Crippen molar-refractivity contribution in [1.82, 2.24) is 24.4 Å². The Morgan fingerprint density at radius 1 is 1.50 bits per heavy atom. The van der Waals surface area contributed by atoms with Crippen LogP contribution in [0.15, 0.2) is 16.1 Å². The summed E-state index contributed by atoms with van der Waals surface area (Å²) in [4.78, 5) is 29.3. The number of nitrogens with zero attached hydrogens (tertiary/aromatic N) is 5. The molecule has 1 saturated carbocycles. The number of imidazole rings is 1. The van der Waals surface area contributed by atoms with Crippen LogP contribution in [0.25, 0.3) is 11.2 Å². The van der Waals surface area contributed by atoms with Crippen molar-refractivity contribution in [3.63, 3.8) is 0 Å². The smallest absolute Gasteiger partial charge is 0.280 e. The number of aliphatic hydroxyl groups is 1. The van der Waals surface area contributed by atoms with Crippen LogP contribution in [-0.4, -0.2) is 62.2 Å². The molecule has 3 heterocycles. The van der Waals surface area contributed by atoms with Crippen LogP contribution in [-0.2, 0) is 4.74 Å². The average molecular weight is 332 g/mol. The first kappa shape index (κ1) is 15.3. The zero-order valence-corrected chi connectivity index (χ0v) is 13.6. The summed E-state index contributed by atoms with van der Waals surface area (Å²) in [5.74, 6) is 0.567. The lowest BCUT2D eigenvalue weighted by molar-refractivity contribution is -0.0525. The van der Waals surface area contributed by atoms with Crippen LogP contribution in [0.4, 0.5) is 5.95 Å². The van der Waals surface area contributed by atoms with Gasteiger partial charge in [-0.1, -0.05) is 0 Å². The molecule has 2 aliphatic rings. The second-order valence-electron chi connectivity index (χ2n) is 6.62. The Morgan fingerprint density at radius 2 is 2.33 bits per heavy atom. The highest BCUT2D eigenvalue weighted by molar-refractivity contribution is 5.71. The zero-order valence-electron chi connectivity index (χ0n) is 13.6. The molecule has 9 nitrogen and oxygen atoms in total. The number of rotatable bonds is 3. The van der Waals surface area contributed by atoms with E-state index in [9.17, 15) is 9.90 Å². The fourth-order valence-electron chi connectivity index (χ4n) is 3.51. The van der Waals surface area contributed by atoms with E-state index in [-0.39, 0.29) is 29.4 Å². The van der Waals surface area contributed by atoms with E-state index in [0.717, 1.165) is 19.3 Å².